The van der Waals surface area contributed by atoms with Gasteiger partial charge in [-0.25, -0.2) is 0 Å². The van der Waals surface area contributed by atoms with Crippen LogP contribution in [0, 0.1) is 11.8 Å². The van der Waals surface area contributed by atoms with Crippen LogP contribution in [0.25, 0.3) is 0 Å². The second kappa shape index (κ2) is 8.40. The van der Waals surface area contributed by atoms with Crippen LogP contribution in [0.3, 0.4) is 0 Å². The predicted molar refractivity (Wildman–Crippen MR) is 107 cm³/mol. The van der Waals surface area contributed by atoms with Crippen molar-refractivity contribution in [3.8, 4) is 0 Å². The van der Waals surface area contributed by atoms with E-state index >= 15 is 0 Å². The number of hydrogen-bond donors (Lipinski definition) is 1. The fourth-order valence-electron chi connectivity index (χ4n) is 3.36. The third kappa shape index (κ3) is 4.15. The maximum absolute atomic E-state index is 12.9. The number of carbonyl (C=O) groups is 3. The van der Waals surface area contributed by atoms with Crippen LogP contribution in [0.15, 0.2) is 60.3 Å². The second-order valence-electron chi connectivity index (χ2n) is 6.76. The van der Waals surface area contributed by atoms with Gasteiger partial charge in [-0.15, -0.1) is 0 Å². The van der Waals surface area contributed by atoms with Crippen LogP contribution in [0.2, 0.25) is 5.02 Å². The molecule has 0 fully saturated rings. The van der Waals surface area contributed by atoms with Crippen LogP contribution in [0.4, 0.5) is 5.69 Å². The highest BCUT2D eigenvalue weighted by atomic mass is 35.5. The van der Waals surface area contributed by atoms with E-state index in [4.69, 9.17) is 16.3 Å². The van der Waals surface area contributed by atoms with E-state index in [9.17, 15) is 14.4 Å². The fraction of sp³-hybridized carbons (Fsp3) is 0.227. The molecule has 0 bridgehead atoms. The van der Waals surface area contributed by atoms with Gasteiger partial charge in [0.2, 0.25) is 0 Å². The smallest absolute Gasteiger partial charge is 0.316 e. The maximum Gasteiger partial charge on any atom is 0.316 e. The number of ether oxygens (including phenoxy) is 1. The van der Waals surface area contributed by atoms with Crippen molar-refractivity contribution in [2.24, 2.45) is 11.8 Å². The lowest BCUT2D eigenvalue weighted by Crippen LogP contribution is -2.34. The SMILES string of the molecule is COC(=O)[C@@H]1C(=O)C=C(Nc2ccc(Cl)cc2C(=O)c2ccccc2)C[C@H]1C. The summed E-state index contributed by atoms with van der Waals surface area (Å²) in [7, 11) is 1.27. The Morgan fingerprint density at radius 3 is 2.50 bits per heavy atom. The second-order valence-corrected chi connectivity index (χ2v) is 7.20. The Bertz CT molecular complexity index is 952. The summed E-state index contributed by atoms with van der Waals surface area (Å²) in [4.78, 5) is 37.2. The Kier molecular flexibility index (Phi) is 5.95. The minimum atomic E-state index is -0.800. The highest BCUT2D eigenvalue weighted by Gasteiger charge is 2.36. The zero-order valence-electron chi connectivity index (χ0n) is 15.6. The van der Waals surface area contributed by atoms with Crippen molar-refractivity contribution in [2.75, 3.05) is 12.4 Å². The minimum Gasteiger partial charge on any atom is -0.468 e. The lowest BCUT2D eigenvalue weighted by atomic mass is 9.82. The topological polar surface area (TPSA) is 72.5 Å². The summed E-state index contributed by atoms with van der Waals surface area (Å²) in [5, 5.41) is 3.62. The minimum absolute atomic E-state index is 0.172. The molecule has 0 aromatic heterocycles. The Labute approximate surface area is 168 Å². The molecule has 3 rings (SSSR count). The number of hydrogen-bond acceptors (Lipinski definition) is 5. The number of esters is 1. The Morgan fingerprint density at radius 2 is 1.86 bits per heavy atom. The van der Waals surface area contributed by atoms with Gasteiger partial charge in [-0.1, -0.05) is 48.9 Å². The zero-order valence-corrected chi connectivity index (χ0v) is 16.3. The lowest BCUT2D eigenvalue weighted by molar-refractivity contribution is -0.150. The monoisotopic (exact) mass is 397 g/mol. The molecule has 0 saturated carbocycles. The van der Waals surface area contributed by atoms with E-state index in [1.54, 1.807) is 42.5 Å². The van der Waals surface area contributed by atoms with Crippen LogP contribution in [-0.4, -0.2) is 24.6 Å². The van der Waals surface area contributed by atoms with E-state index in [-0.39, 0.29) is 17.5 Å². The zero-order chi connectivity index (χ0) is 20.3. The number of rotatable bonds is 5. The number of benzene rings is 2. The number of halogens is 1. The van der Waals surface area contributed by atoms with Crippen molar-refractivity contribution in [3.05, 3.63) is 76.5 Å². The van der Waals surface area contributed by atoms with Gasteiger partial charge >= 0.3 is 5.97 Å². The van der Waals surface area contributed by atoms with Crippen molar-refractivity contribution < 1.29 is 19.1 Å². The van der Waals surface area contributed by atoms with Gasteiger partial charge in [0.1, 0.15) is 5.92 Å². The van der Waals surface area contributed by atoms with Crippen molar-refractivity contribution in [1.82, 2.24) is 0 Å². The third-order valence-corrected chi connectivity index (χ3v) is 4.98. The van der Waals surface area contributed by atoms with Crippen LogP contribution < -0.4 is 5.32 Å². The molecule has 1 aliphatic rings. The molecule has 28 heavy (non-hydrogen) atoms. The molecule has 144 valence electrons. The standard InChI is InChI=1S/C22H20ClNO4/c1-13-10-16(12-19(25)20(13)22(27)28-2)24-18-9-8-15(23)11-17(18)21(26)14-6-4-3-5-7-14/h3-9,11-13,20,24H,10H2,1-2H3/t13-,20+/m1/s1. The number of nitrogens with one attached hydrogen (secondary N) is 1. The Hall–Kier alpha value is -2.92. The number of ketones is 2. The van der Waals surface area contributed by atoms with E-state index in [0.717, 1.165) is 0 Å². The van der Waals surface area contributed by atoms with Crippen LogP contribution in [0.1, 0.15) is 29.3 Å². The molecular weight excluding hydrogens is 378 g/mol. The molecule has 0 aliphatic heterocycles. The summed E-state index contributed by atoms with van der Waals surface area (Å²) in [6.45, 7) is 1.83. The molecule has 2 atom stereocenters. The molecule has 6 heteroatoms. The average molecular weight is 398 g/mol. The number of carbonyl (C=O) groups excluding carboxylic acids is 3. The van der Waals surface area contributed by atoms with E-state index in [2.05, 4.69) is 5.32 Å². The van der Waals surface area contributed by atoms with Gasteiger partial charge in [0.25, 0.3) is 0 Å². The summed E-state index contributed by atoms with van der Waals surface area (Å²) in [5.41, 5.74) is 2.15. The summed E-state index contributed by atoms with van der Waals surface area (Å²) < 4.78 is 4.73. The van der Waals surface area contributed by atoms with E-state index < -0.39 is 11.9 Å². The molecule has 0 amide bonds. The van der Waals surface area contributed by atoms with E-state index in [1.807, 2.05) is 13.0 Å². The highest BCUT2D eigenvalue weighted by Crippen LogP contribution is 2.31. The summed E-state index contributed by atoms with van der Waals surface area (Å²) >= 11 is 6.11. The van der Waals surface area contributed by atoms with Gasteiger partial charge in [0.15, 0.2) is 11.6 Å². The molecular formula is C22H20ClNO4. The largest absolute Gasteiger partial charge is 0.468 e. The third-order valence-electron chi connectivity index (χ3n) is 4.75. The van der Waals surface area contributed by atoms with Gasteiger partial charge in [0, 0.05) is 33.6 Å². The molecule has 1 N–H and O–H groups in total. The van der Waals surface area contributed by atoms with Crippen molar-refractivity contribution in [2.45, 2.75) is 13.3 Å². The predicted octanol–water partition coefficient (Wildman–Crippen LogP) is 4.26. The molecule has 0 radical (unpaired) electrons. The number of allylic oxidation sites excluding steroid dienone is 2. The summed E-state index contributed by atoms with van der Waals surface area (Å²) in [6.07, 6.45) is 1.89. The first-order valence-electron chi connectivity index (χ1n) is 8.89. The molecule has 0 spiro atoms. The molecule has 2 aromatic carbocycles. The summed E-state index contributed by atoms with van der Waals surface area (Å²) in [6, 6.07) is 13.9. The average Bonchev–Trinajstić information content (AvgIpc) is 2.68. The maximum atomic E-state index is 12.9. The van der Waals surface area contributed by atoms with Gasteiger partial charge in [-0.2, -0.15) is 0 Å². The Balaban J connectivity index is 1.90. The van der Waals surface area contributed by atoms with E-state index in [0.29, 0.717) is 34.0 Å². The quantitative estimate of drug-likeness (QED) is 0.463. The van der Waals surface area contributed by atoms with Crippen LogP contribution in [0.5, 0.6) is 0 Å². The Morgan fingerprint density at radius 1 is 1.14 bits per heavy atom. The number of methoxy groups -OCH3 is 1. The van der Waals surface area contributed by atoms with Gasteiger partial charge < -0.3 is 10.1 Å². The first-order valence-corrected chi connectivity index (χ1v) is 9.27. The summed E-state index contributed by atoms with van der Waals surface area (Å²) in [5.74, 6) is -2.02. The van der Waals surface area contributed by atoms with Crippen LogP contribution >= 0.6 is 11.6 Å². The van der Waals surface area contributed by atoms with Crippen molar-refractivity contribution in [3.63, 3.8) is 0 Å². The van der Waals surface area contributed by atoms with Crippen molar-refractivity contribution in [1.29, 1.82) is 0 Å². The first kappa shape index (κ1) is 19.8. The number of anilines is 1. The van der Waals surface area contributed by atoms with Gasteiger partial charge in [0.05, 0.1) is 7.11 Å². The first-order chi connectivity index (χ1) is 13.4. The molecule has 0 saturated heterocycles. The molecule has 1 aliphatic carbocycles. The fourth-order valence-corrected chi connectivity index (χ4v) is 3.53. The lowest BCUT2D eigenvalue weighted by Gasteiger charge is -2.26. The highest BCUT2D eigenvalue weighted by molar-refractivity contribution is 6.31. The van der Waals surface area contributed by atoms with Gasteiger partial charge in [-0.05, 0) is 30.5 Å². The van der Waals surface area contributed by atoms with Crippen molar-refractivity contribution >= 4 is 34.8 Å². The normalized spacial score (nSPS) is 19.0. The van der Waals surface area contributed by atoms with Gasteiger partial charge in [-0.3, -0.25) is 14.4 Å². The molecule has 5 nitrogen and oxygen atoms in total. The molecule has 2 aromatic rings. The molecule has 0 heterocycles. The molecule has 0 unspecified atom stereocenters. The van der Waals surface area contributed by atoms with Crippen LogP contribution in [-0.2, 0) is 14.3 Å². The van der Waals surface area contributed by atoms with E-state index in [1.165, 1.54) is 13.2 Å².